The molecule has 4 nitrogen and oxygen atoms in total. The molecule has 0 spiro atoms. The van der Waals surface area contributed by atoms with E-state index in [0.717, 1.165) is 9.13 Å². The van der Waals surface area contributed by atoms with Gasteiger partial charge in [-0.25, -0.2) is 4.79 Å². The molecule has 0 radical (unpaired) electrons. The van der Waals surface area contributed by atoms with E-state index in [9.17, 15) is 4.79 Å². The van der Waals surface area contributed by atoms with Crippen molar-refractivity contribution in [2.45, 2.75) is 19.1 Å². The van der Waals surface area contributed by atoms with E-state index in [1.165, 1.54) is 0 Å². The fourth-order valence-corrected chi connectivity index (χ4v) is 2.17. The van der Waals surface area contributed by atoms with Crippen molar-refractivity contribution in [3.05, 3.63) is 33.4 Å². The highest BCUT2D eigenvalue weighted by molar-refractivity contribution is 14.1. The Morgan fingerprint density at radius 2 is 2.12 bits per heavy atom. The lowest BCUT2D eigenvalue weighted by Crippen LogP contribution is -2.35. The number of amides is 1. The zero-order valence-corrected chi connectivity index (χ0v) is 11.3. The molecule has 2 N–H and O–H groups in total. The highest BCUT2D eigenvalue weighted by atomic mass is 127. The summed E-state index contributed by atoms with van der Waals surface area (Å²) in [6, 6.07) is 7.29. The summed E-state index contributed by atoms with van der Waals surface area (Å²) in [7, 11) is 1.57. The Bertz CT molecular complexity index is 370. The van der Waals surface area contributed by atoms with Crippen LogP contribution in [0.5, 0.6) is 0 Å². The first-order valence-corrected chi connectivity index (χ1v) is 5.90. The van der Waals surface area contributed by atoms with Gasteiger partial charge >= 0.3 is 6.09 Å². The predicted molar refractivity (Wildman–Crippen MR) is 69.5 cm³/mol. The van der Waals surface area contributed by atoms with Crippen molar-refractivity contribution in [2.24, 2.45) is 0 Å². The molecule has 16 heavy (non-hydrogen) atoms. The second-order valence-corrected chi connectivity index (χ2v) is 4.55. The number of halogens is 1. The monoisotopic (exact) mass is 335 g/mol. The van der Waals surface area contributed by atoms with E-state index in [4.69, 9.17) is 9.84 Å². The van der Waals surface area contributed by atoms with Crippen LogP contribution >= 0.6 is 22.6 Å². The van der Waals surface area contributed by atoms with Crippen LogP contribution in [-0.2, 0) is 4.74 Å². The second kappa shape index (κ2) is 6.05. The first-order valence-electron chi connectivity index (χ1n) is 4.83. The highest BCUT2D eigenvalue weighted by Gasteiger charge is 2.22. The normalized spacial score (nSPS) is 14.2. The number of rotatable bonds is 4. The van der Waals surface area contributed by atoms with Crippen LogP contribution in [0.15, 0.2) is 24.3 Å². The third-order valence-electron chi connectivity index (χ3n) is 2.36. The topological polar surface area (TPSA) is 58.6 Å². The number of methoxy groups -OCH3 is 1. The minimum Gasteiger partial charge on any atom is -0.465 e. The molecule has 0 aromatic heterocycles. The molecule has 0 fully saturated rings. The third-order valence-corrected chi connectivity index (χ3v) is 3.34. The van der Waals surface area contributed by atoms with E-state index in [1.54, 1.807) is 7.11 Å². The summed E-state index contributed by atoms with van der Waals surface area (Å²) in [5.74, 6) is 0. The molecule has 1 amide bonds. The van der Waals surface area contributed by atoms with Gasteiger partial charge in [0.15, 0.2) is 0 Å². The maximum absolute atomic E-state index is 10.7. The Morgan fingerprint density at radius 3 is 2.62 bits per heavy atom. The third kappa shape index (κ3) is 3.34. The smallest absolute Gasteiger partial charge is 0.405 e. The van der Waals surface area contributed by atoms with Crippen molar-refractivity contribution >= 4 is 28.7 Å². The maximum Gasteiger partial charge on any atom is 0.405 e. The van der Waals surface area contributed by atoms with Gasteiger partial charge in [-0.15, -0.1) is 0 Å². The van der Waals surface area contributed by atoms with Gasteiger partial charge in [-0.05, 0) is 41.1 Å². The number of ether oxygens (including phenoxy) is 1. The molecule has 1 aromatic rings. The van der Waals surface area contributed by atoms with Gasteiger partial charge in [0, 0.05) is 10.7 Å². The van der Waals surface area contributed by atoms with Gasteiger partial charge in [-0.3, -0.25) is 0 Å². The lowest BCUT2D eigenvalue weighted by molar-refractivity contribution is 0.0809. The molecule has 0 aliphatic carbocycles. The fourth-order valence-electron chi connectivity index (χ4n) is 1.44. The van der Waals surface area contributed by atoms with Crippen LogP contribution in [0.4, 0.5) is 4.79 Å². The summed E-state index contributed by atoms with van der Waals surface area (Å²) < 4.78 is 6.21. The first kappa shape index (κ1) is 13.2. The molecular weight excluding hydrogens is 321 g/mol. The Hall–Kier alpha value is -0.820. The molecule has 1 rings (SSSR count). The van der Waals surface area contributed by atoms with Crippen molar-refractivity contribution < 1.29 is 14.6 Å². The summed E-state index contributed by atoms with van der Waals surface area (Å²) in [4.78, 5) is 10.7. The summed E-state index contributed by atoms with van der Waals surface area (Å²) in [5.41, 5.74) is 0.930. The van der Waals surface area contributed by atoms with E-state index in [-0.39, 0.29) is 12.1 Å². The second-order valence-electron chi connectivity index (χ2n) is 3.39. The largest absolute Gasteiger partial charge is 0.465 e. The molecule has 0 heterocycles. The Morgan fingerprint density at radius 1 is 1.50 bits per heavy atom. The van der Waals surface area contributed by atoms with Crippen molar-refractivity contribution in [2.75, 3.05) is 7.11 Å². The summed E-state index contributed by atoms with van der Waals surface area (Å²) in [6.07, 6.45) is -1.26. The molecule has 88 valence electrons. The maximum atomic E-state index is 10.7. The van der Waals surface area contributed by atoms with Gasteiger partial charge in [0.2, 0.25) is 0 Å². The average Bonchev–Trinajstić information content (AvgIpc) is 2.26. The minimum atomic E-state index is -1.05. The van der Waals surface area contributed by atoms with Crippen LogP contribution < -0.4 is 5.32 Å². The van der Waals surface area contributed by atoms with Crippen molar-refractivity contribution in [3.63, 3.8) is 0 Å². The van der Waals surface area contributed by atoms with Crippen LogP contribution in [0.1, 0.15) is 18.5 Å². The zero-order chi connectivity index (χ0) is 12.1. The number of hydrogen-bond donors (Lipinski definition) is 2. The number of carboxylic acid groups (broad SMARTS) is 1. The minimum absolute atomic E-state index is 0.216. The fraction of sp³-hybridized carbons (Fsp3) is 0.364. The van der Waals surface area contributed by atoms with Gasteiger partial charge in [-0.2, -0.15) is 0 Å². The van der Waals surface area contributed by atoms with E-state index < -0.39 is 6.09 Å². The molecule has 0 saturated heterocycles. The van der Waals surface area contributed by atoms with E-state index in [1.807, 2.05) is 31.2 Å². The van der Waals surface area contributed by atoms with Gasteiger partial charge in [0.05, 0.1) is 12.1 Å². The number of carbonyl (C=O) groups is 1. The standard InChI is InChI=1S/C11H14INO3/c1-7(16-2)10(13-11(14)15)8-5-3-4-6-9(8)12/h3-7,10,13H,1-2H3,(H,14,15)/t7-,10?/m0/s1. The van der Waals surface area contributed by atoms with Crippen molar-refractivity contribution in [1.82, 2.24) is 5.32 Å². The molecule has 1 aromatic carbocycles. The summed E-state index contributed by atoms with van der Waals surface area (Å²) in [5, 5.41) is 11.3. The SMILES string of the molecule is CO[C@@H](C)C(NC(=O)O)c1ccccc1I. The van der Waals surface area contributed by atoms with Gasteiger partial charge in [0.1, 0.15) is 0 Å². The predicted octanol–water partition coefficient (Wildman–Crippen LogP) is 2.63. The molecule has 0 saturated carbocycles. The van der Waals surface area contributed by atoms with Gasteiger partial charge in [0.25, 0.3) is 0 Å². The Kier molecular flexibility index (Phi) is 5.01. The summed E-state index contributed by atoms with van der Waals surface area (Å²) in [6.45, 7) is 1.84. The Balaban J connectivity index is 3.01. The molecular formula is C11H14INO3. The molecule has 0 aliphatic rings. The molecule has 0 aliphatic heterocycles. The highest BCUT2D eigenvalue weighted by Crippen LogP contribution is 2.23. The van der Waals surface area contributed by atoms with Gasteiger partial charge in [-0.1, -0.05) is 18.2 Å². The Labute approximate surface area is 108 Å². The number of nitrogens with one attached hydrogen (secondary N) is 1. The van der Waals surface area contributed by atoms with E-state index in [0.29, 0.717) is 0 Å². The van der Waals surface area contributed by atoms with Crippen LogP contribution in [0.3, 0.4) is 0 Å². The first-order chi connectivity index (χ1) is 7.56. The van der Waals surface area contributed by atoms with E-state index >= 15 is 0 Å². The quantitative estimate of drug-likeness (QED) is 0.832. The summed E-state index contributed by atoms with van der Waals surface area (Å²) >= 11 is 2.18. The van der Waals surface area contributed by atoms with Crippen LogP contribution in [0.2, 0.25) is 0 Å². The van der Waals surface area contributed by atoms with Crippen LogP contribution in [0.25, 0.3) is 0 Å². The van der Waals surface area contributed by atoms with Crippen LogP contribution in [0, 0.1) is 3.57 Å². The molecule has 5 heteroatoms. The number of hydrogen-bond acceptors (Lipinski definition) is 2. The lowest BCUT2D eigenvalue weighted by Gasteiger charge is -2.24. The molecule has 2 atom stereocenters. The van der Waals surface area contributed by atoms with Crippen molar-refractivity contribution in [3.8, 4) is 0 Å². The zero-order valence-electron chi connectivity index (χ0n) is 9.11. The van der Waals surface area contributed by atoms with E-state index in [2.05, 4.69) is 27.9 Å². The van der Waals surface area contributed by atoms with Gasteiger partial charge < -0.3 is 15.2 Å². The lowest BCUT2D eigenvalue weighted by atomic mass is 10.0. The molecule has 0 bridgehead atoms. The molecule has 1 unspecified atom stereocenters. The average molecular weight is 335 g/mol. The number of benzene rings is 1. The van der Waals surface area contributed by atoms with Crippen molar-refractivity contribution in [1.29, 1.82) is 0 Å². The van der Waals surface area contributed by atoms with Crippen LogP contribution in [-0.4, -0.2) is 24.4 Å².